The smallest absolute Gasteiger partial charge is 0.0931 e. The SMILES string of the molecule is CC[C@@]12CCc3[nH]c4ccccc4c3CCN(C[C@@H](O)[C@H]1O)C2. The van der Waals surface area contributed by atoms with Crippen molar-refractivity contribution in [2.75, 3.05) is 19.6 Å². The van der Waals surface area contributed by atoms with Crippen LogP contribution >= 0.6 is 0 Å². The average molecular weight is 314 g/mol. The molecular weight excluding hydrogens is 288 g/mol. The zero-order valence-electron chi connectivity index (χ0n) is 13.8. The molecule has 1 aromatic carbocycles. The highest BCUT2D eigenvalue weighted by Crippen LogP contribution is 2.40. The van der Waals surface area contributed by atoms with Crippen molar-refractivity contribution in [1.29, 1.82) is 0 Å². The first kappa shape index (κ1) is 15.2. The van der Waals surface area contributed by atoms with Crippen LogP contribution in [-0.4, -0.2) is 51.9 Å². The molecule has 0 amide bonds. The number of fused-ring (bicyclic) bond motifs is 5. The van der Waals surface area contributed by atoms with Crippen LogP contribution in [0.5, 0.6) is 0 Å². The molecule has 4 atom stereocenters. The average Bonchev–Trinajstić information content (AvgIpc) is 2.94. The Morgan fingerprint density at radius 3 is 2.91 bits per heavy atom. The quantitative estimate of drug-likeness (QED) is 0.755. The van der Waals surface area contributed by atoms with Gasteiger partial charge in [-0.1, -0.05) is 25.1 Å². The minimum atomic E-state index is -0.628. The van der Waals surface area contributed by atoms with Gasteiger partial charge in [0.25, 0.3) is 0 Å². The third kappa shape index (κ3) is 2.40. The van der Waals surface area contributed by atoms with E-state index in [0.717, 1.165) is 38.8 Å². The van der Waals surface area contributed by atoms with Gasteiger partial charge in [0.1, 0.15) is 0 Å². The van der Waals surface area contributed by atoms with Crippen LogP contribution in [0.3, 0.4) is 0 Å². The van der Waals surface area contributed by atoms with Gasteiger partial charge in [-0.15, -0.1) is 0 Å². The Bertz CT molecular complexity index is 710. The number of hydrogen-bond donors (Lipinski definition) is 3. The van der Waals surface area contributed by atoms with Crippen LogP contribution in [0.25, 0.3) is 10.9 Å². The van der Waals surface area contributed by atoms with Crippen molar-refractivity contribution in [3.63, 3.8) is 0 Å². The number of aryl methyl sites for hydroxylation is 1. The number of nitrogens with one attached hydrogen (secondary N) is 1. The fourth-order valence-electron chi connectivity index (χ4n) is 4.67. The van der Waals surface area contributed by atoms with E-state index in [1.807, 2.05) is 0 Å². The van der Waals surface area contributed by atoms with Gasteiger partial charge in [0.15, 0.2) is 0 Å². The van der Waals surface area contributed by atoms with Gasteiger partial charge in [0, 0.05) is 41.6 Å². The third-order valence-corrected chi connectivity index (χ3v) is 6.13. The molecule has 1 aromatic heterocycles. The Morgan fingerprint density at radius 2 is 2.09 bits per heavy atom. The summed E-state index contributed by atoms with van der Waals surface area (Å²) in [5, 5.41) is 22.3. The summed E-state index contributed by atoms with van der Waals surface area (Å²) in [6.07, 6.45) is 2.51. The zero-order valence-corrected chi connectivity index (χ0v) is 13.8. The molecular formula is C19H26N2O2. The molecule has 2 bridgehead atoms. The van der Waals surface area contributed by atoms with Crippen LogP contribution in [0.4, 0.5) is 0 Å². The molecule has 1 unspecified atom stereocenters. The lowest BCUT2D eigenvalue weighted by Crippen LogP contribution is -2.59. The van der Waals surface area contributed by atoms with Crippen molar-refractivity contribution in [2.24, 2.45) is 5.41 Å². The van der Waals surface area contributed by atoms with Gasteiger partial charge in [-0.2, -0.15) is 0 Å². The Labute approximate surface area is 137 Å². The van der Waals surface area contributed by atoms with Gasteiger partial charge >= 0.3 is 0 Å². The predicted octanol–water partition coefficient (Wildman–Crippen LogP) is 2.09. The largest absolute Gasteiger partial charge is 0.390 e. The minimum Gasteiger partial charge on any atom is -0.390 e. The van der Waals surface area contributed by atoms with Gasteiger partial charge < -0.3 is 15.2 Å². The number of H-pyrrole nitrogens is 1. The number of aliphatic hydroxyl groups is 2. The number of aromatic nitrogens is 1. The van der Waals surface area contributed by atoms with E-state index in [4.69, 9.17) is 0 Å². The van der Waals surface area contributed by atoms with Crippen molar-refractivity contribution in [3.8, 4) is 0 Å². The maximum absolute atomic E-state index is 10.6. The summed E-state index contributed by atoms with van der Waals surface area (Å²) in [4.78, 5) is 5.94. The molecule has 4 heteroatoms. The zero-order chi connectivity index (χ0) is 16.0. The monoisotopic (exact) mass is 314 g/mol. The molecule has 0 aliphatic carbocycles. The van der Waals surface area contributed by atoms with E-state index in [0.29, 0.717) is 6.54 Å². The van der Waals surface area contributed by atoms with Crippen molar-refractivity contribution in [3.05, 3.63) is 35.5 Å². The van der Waals surface area contributed by atoms with E-state index < -0.39 is 12.2 Å². The standard InChI is InChI=1S/C19H26N2O2/c1-2-19-9-7-16-14(13-5-3-4-6-15(13)20-16)8-10-21(12-19)11-17(22)18(19)23/h3-6,17-18,20,22-23H,2,7-12H2,1H3/t17-,18-,19+/m1/s1. The second-order valence-corrected chi connectivity index (χ2v) is 7.34. The molecule has 2 aliphatic rings. The van der Waals surface area contributed by atoms with Crippen molar-refractivity contribution >= 4 is 10.9 Å². The number of hydrogen-bond acceptors (Lipinski definition) is 3. The van der Waals surface area contributed by atoms with Crippen molar-refractivity contribution in [2.45, 2.75) is 44.8 Å². The summed E-state index contributed by atoms with van der Waals surface area (Å²) in [5.74, 6) is 0. The van der Waals surface area contributed by atoms with Gasteiger partial charge in [-0.05, 0) is 37.3 Å². The topological polar surface area (TPSA) is 59.5 Å². The summed E-state index contributed by atoms with van der Waals surface area (Å²) in [6, 6.07) is 8.51. The van der Waals surface area contributed by atoms with Gasteiger partial charge in [-0.3, -0.25) is 4.90 Å². The molecule has 0 radical (unpaired) electrons. The number of nitrogens with zero attached hydrogens (tertiary/aromatic N) is 1. The first-order valence-electron chi connectivity index (χ1n) is 8.80. The summed E-state index contributed by atoms with van der Waals surface area (Å²) in [7, 11) is 0. The van der Waals surface area contributed by atoms with Crippen LogP contribution < -0.4 is 0 Å². The Hall–Kier alpha value is -1.36. The van der Waals surface area contributed by atoms with Crippen LogP contribution in [0.1, 0.15) is 31.0 Å². The minimum absolute atomic E-state index is 0.198. The number of para-hydroxylation sites is 1. The van der Waals surface area contributed by atoms with Crippen molar-refractivity contribution in [1.82, 2.24) is 9.88 Å². The number of piperidine rings is 1. The van der Waals surface area contributed by atoms with E-state index in [9.17, 15) is 10.2 Å². The second-order valence-electron chi connectivity index (χ2n) is 7.34. The molecule has 1 fully saturated rings. The molecule has 1 saturated heterocycles. The van der Waals surface area contributed by atoms with Crippen LogP contribution in [0, 0.1) is 5.41 Å². The fourth-order valence-corrected chi connectivity index (χ4v) is 4.67. The fraction of sp³-hybridized carbons (Fsp3) is 0.579. The molecule has 3 heterocycles. The predicted molar refractivity (Wildman–Crippen MR) is 91.5 cm³/mol. The Morgan fingerprint density at radius 1 is 1.26 bits per heavy atom. The lowest BCUT2D eigenvalue weighted by Gasteiger charge is -2.48. The molecule has 0 saturated carbocycles. The summed E-state index contributed by atoms with van der Waals surface area (Å²) >= 11 is 0. The number of benzene rings is 1. The van der Waals surface area contributed by atoms with Gasteiger partial charge in [0.2, 0.25) is 0 Å². The first-order valence-corrected chi connectivity index (χ1v) is 8.80. The number of rotatable bonds is 1. The van der Waals surface area contributed by atoms with E-state index in [1.165, 1.54) is 22.2 Å². The van der Waals surface area contributed by atoms with Crippen LogP contribution in [0.15, 0.2) is 24.3 Å². The number of aromatic amines is 1. The maximum Gasteiger partial charge on any atom is 0.0931 e. The molecule has 4 nitrogen and oxygen atoms in total. The molecule has 2 aliphatic heterocycles. The molecule has 3 N–H and O–H groups in total. The summed E-state index contributed by atoms with van der Waals surface area (Å²) in [5.41, 5.74) is 3.75. The first-order chi connectivity index (χ1) is 11.1. The Balaban J connectivity index is 1.75. The molecule has 2 aromatic rings. The number of aliphatic hydroxyl groups excluding tert-OH is 2. The normalized spacial score (nSPS) is 34.5. The summed E-state index contributed by atoms with van der Waals surface area (Å²) < 4.78 is 0. The lowest BCUT2D eigenvalue weighted by molar-refractivity contribution is -0.127. The summed E-state index contributed by atoms with van der Waals surface area (Å²) in [6.45, 7) is 4.56. The molecule has 0 spiro atoms. The van der Waals surface area contributed by atoms with E-state index in [2.05, 4.69) is 41.1 Å². The van der Waals surface area contributed by atoms with E-state index in [-0.39, 0.29) is 5.41 Å². The van der Waals surface area contributed by atoms with Crippen molar-refractivity contribution < 1.29 is 10.2 Å². The second kappa shape index (κ2) is 5.62. The lowest BCUT2D eigenvalue weighted by atomic mass is 9.71. The van der Waals surface area contributed by atoms with Crippen LogP contribution in [0.2, 0.25) is 0 Å². The van der Waals surface area contributed by atoms with E-state index in [1.54, 1.807) is 0 Å². The molecule has 23 heavy (non-hydrogen) atoms. The highest BCUT2D eigenvalue weighted by Gasteiger charge is 2.46. The highest BCUT2D eigenvalue weighted by atomic mass is 16.3. The molecule has 124 valence electrons. The third-order valence-electron chi connectivity index (χ3n) is 6.13. The maximum atomic E-state index is 10.6. The Kier molecular flexibility index (Phi) is 3.71. The molecule has 4 rings (SSSR count). The van der Waals surface area contributed by atoms with E-state index >= 15 is 0 Å². The van der Waals surface area contributed by atoms with Gasteiger partial charge in [-0.25, -0.2) is 0 Å². The van der Waals surface area contributed by atoms with Crippen LogP contribution in [-0.2, 0) is 12.8 Å². The van der Waals surface area contributed by atoms with Gasteiger partial charge in [0.05, 0.1) is 12.2 Å². The highest BCUT2D eigenvalue weighted by molar-refractivity contribution is 5.84.